The Morgan fingerprint density at radius 1 is 1.19 bits per heavy atom. The Balaban J connectivity index is 2.63. The van der Waals surface area contributed by atoms with Crippen LogP contribution in [0.2, 0.25) is 0 Å². The molecule has 0 saturated carbocycles. The minimum absolute atomic E-state index is 0.232. The molecule has 0 heterocycles. The van der Waals surface area contributed by atoms with Crippen LogP contribution in [0.1, 0.15) is 18.0 Å². The van der Waals surface area contributed by atoms with Crippen molar-refractivity contribution in [3.8, 4) is 6.07 Å². The Hall–Kier alpha value is -1.92. The van der Waals surface area contributed by atoms with E-state index in [1.165, 1.54) is 6.07 Å². The second-order valence-corrected chi connectivity index (χ2v) is 3.65. The van der Waals surface area contributed by atoms with Crippen molar-refractivity contribution in [1.29, 1.82) is 5.26 Å². The van der Waals surface area contributed by atoms with Gasteiger partial charge < -0.3 is 5.73 Å². The third-order valence-corrected chi connectivity index (χ3v) is 2.62. The van der Waals surface area contributed by atoms with Crippen LogP contribution in [0.4, 0.5) is 4.39 Å². The molecule has 0 spiro atoms. The van der Waals surface area contributed by atoms with E-state index in [0.29, 0.717) is 5.39 Å². The monoisotopic (exact) mass is 214 g/mol. The largest absolute Gasteiger partial charge is 0.323 e. The van der Waals surface area contributed by atoms with Gasteiger partial charge in [-0.3, -0.25) is 0 Å². The molecule has 0 radical (unpaired) electrons. The minimum atomic E-state index is -0.365. The van der Waals surface area contributed by atoms with E-state index in [-0.39, 0.29) is 18.3 Å². The summed E-state index contributed by atoms with van der Waals surface area (Å²) in [6.07, 6.45) is 0.232. The Morgan fingerprint density at radius 2 is 1.88 bits per heavy atom. The molecule has 2 aromatic rings. The van der Waals surface area contributed by atoms with Gasteiger partial charge in [-0.1, -0.05) is 30.3 Å². The van der Waals surface area contributed by atoms with E-state index < -0.39 is 0 Å². The molecular weight excluding hydrogens is 203 g/mol. The molecule has 1 atom stereocenters. The zero-order valence-electron chi connectivity index (χ0n) is 8.65. The number of nitrogens with zero attached hydrogens (tertiary/aromatic N) is 1. The molecule has 0 bridgehead atoms. The number of nitriles is 1. The molecule has 0 aromatic heterocycles. The number of benzene rings is 2. The van der Waals surface area contributed by atoms with E-state index in [1.807, 2.05) is 18.2 Å². The summed E-state index contributed by atoms with van der Waals surface area (Å²) in [5.41, 5.74) is 6.69. The fraction of sp³-hybridized carbons (Fsp3) is 0.154. The van der Waals surface area contributed by atoms with Crippen LogP contribution in [0.25, 0.3) is 10.8 Å². The van der Waals surface area contributed by atoms with Gasteiger partial charge in [-0.2, -0.15) is 5.26 Å². The van der Waals surface area contributed by atoms with Crippen LogP contribution >= 0.6 is 0 Å². The topological polar surface area (TPSA) is 49.8 Å². The number of halogens is 1. The number of nitrogens with two attached hydrogens (primary N) is 1. The third kappa shape index (κ3) is 1.75. The molecule has 0 amide bonds. The maximum absolute atomic E-state index is 13.5. The van der Waals surface area contributed by atoms with Gasteiger partial charge in [0.2, 0.25) is 0 Å². The van der Waals surface area contributed by atoms with Crippen molar-refractivity contribution in [2.24, 2.45) is 5.73 Å². The van der Waals surface area contributed by atoms with E-state index in [4.69, 9.17) is 11.0 Å². The number of fused-ring (bicyclic) bond motifs is 1. The maximum Gasteiger partial charge on any atom is 0.131 e. The number of rotatable bonds is 2. The van der Waals surface area contributed by atoms with Crippen molar-refractivity contribution in [2.75, 3.05) is 0 Å². The highest BCUT2D eigenvalue weighted by atomic mass is 19.1. The van der Waals surface area contributed by atoms with Gasteiger partial charge in [0.1, 0.15) is 5.82 Å². The quantitative estimate of drug-likeness (QED) is 0.835. The summed E-state index contributed by atoms with van der Waals surface area (Å²) in [6, 6.07) is 11.9. The summed E-state index contributed by atoms with van der Waals surface area (Å²) >= 11 is 0. The van der Waals surface area contributed by atoms with Gasteiger partial charge in [0.15, 0.2) is 0 Å². The predicted octanol–water partition coefficient (Wildman–Crippen LogP) is 2.89. The van der Waals surface area contributed by atoms with Crippen LogP contribution in [0.15, 0.2) is 36.4 Å². The van der Waals surface area contributed by atoms with Gasteiger partial charge in [0.25, 0.3) is 0 Å². The van der Waals surface area contributed by atoms with E-state index in [9.17, 15) is 4.39 Å². The Labute approximate surface area is 93.1 Å². The zero-order chi connectivity index (χ0) is 11.5. The Bertz CT molecular complexity index is 557. The average molecular weight is 214 g/mol. The summed E-state index contributed by atoms with van der Waals surface area (Å²) in [5.74, 6) is -0.261. The van der Waals surface area contributed by atoms with Crippen LogP contribution in [-0.2, 0) is 0 Å². The molecule has 80 valence electrons. The van der Waals surface area contributed by atoms with E-state index >= 15 is 0 Å². The standard InChI is InChI=1S/C13H11FN2/c14-12-6-5-11(13(16)7-8-15)9-3-1-2-4-10(9)12/h1-6,13H,7,16H2. The summed E-state index contributed by atoms with van der Waals surface area (Å²) in [4.78, 5) is 0. The van der Waals surface area contributed by atoms with Crippen LogP contribution in [0.3, 0.4) is 0 Å². The molecular formula is C13H11FN2. The first-order chi connectivity index (χ1) is 7.74. The van der Waals surface area contributed by atoms with Crippen molar-refractivity contribution in [2.45, 2.75) is 12.5 Å². The molecule has 1 unspecified atom stereocenters. The highest BCUT2D eigenvalue weighted by Crippen LogP contribution is 2.26. The first-order valence-electron chi connectivity index (χ1n) is 5.03. The molecule has 0 aliphatic rings. The summed E-state index contributed by atoms with van der Waals surface area (Å²) in [6.45, 7) is 0. The molecule has 0 fully saturated rings. The minimum Gasteiger partial charge on any atom is -0.323 e. The molecule has 0 aliphatic heterocycles. The van der Waals surface area contributed by atoms with Gasteiger partial charge in [-0.15, -0.1) is 0 Å². The smallest absolute Gasteiger partial charge is 0.131 e. The Kier molecular flexibility index (Phi) is 2.84. The zero-order valence-corrected chi connectivity index (χ0v) is 8.65. The number of hydrogen-bond donors (Lipinski definition) is 1. The Morgan fingerprint density at radius 3 is 2.56 bits per heavy atom. The van der Waals surface area contributed by atoms with Crippen LogP contribution in [0.5, 0.6) is 0 Å². The normalized spacial score (nSPS) is 12.3. The summed E-state index contributed by atoms with van der Waals surface area (Å²) < 4.78 is 13.5. The van der Waals surface area contributed by atoms with Crippen LogP contribution in [0, 0.1) is 17.1 Å². The lowest BCUT2D eigenvalue weighted by atomic mass is 9.97. The lowest BCUT2D eigenvalue weighted by Crippen LogP contribution is -2.09. The first kappa shape index (κ1) is 10.6. The fourth-order valence-electron chi connectivity index (χ4n) is 1.82. The van der Waals surface area contributed by atoms with E-state index in [1.54, 1.807) is 18.2 Å². The fourth-order valence-corrected chi connectivity index (χ4v) is 1.82. The van der Waals surface area contributed by atoms with E-state index in [2.05, 4.69) is 0 Å². The lowest BCUT2D eigenvalue weighted by molar-refractivity contribution is 0.638. The van der Waals surface area contributed by atoms with E-state index in [0.717, 1.165) is 10.9 Å². The molecule has 3 heteroatoms. The van der Waals surface area contributed by atoms with Crippen molar-refractivity contribution in [3.63, 3.8) is 0 Å². The molecule has 2 aromatic carbocycles. The van der Waals surface area contributed by atoms with Crippen molar-refractivity contribution in [1.82, 2.24) is 0 Å². The molecule has 0 saturated heterocycles. The number of hydrogen-bond acceptors (Lipinski definition) is 2. The van der Waals surface area contributed by atoms with Gasteiger partial charge in [-0.05, 0) is 17.0 Å². The SMILES string of the molecule is N#CCC(N)c1ccc(F)c2ccccc12. The van der Waals surface area contributed by atoms with Gasteiger partial charge >= 0.3 is 0 Å². The maximum atomic E-state index is 13.5. The van der Waals surface area contributed by atoms with Gasteiger partial charge in [0, 0.05) is 11.4 Å². The third-order valence-electron chi connectivity index (χ3n) is 2.62. The molecule has 16 heavy (non-hydrogen) atoms. The second kappa shape index (κ2) is 4.30. The first-order valence-corrected chi connectivity index (χ1v) is 5.03. The van der Waals surface area contributed by atoms with Gasteiger partial charge in [-0.25, -0.2) is 4.39 Å². The van der Waals surface area contributed by atoms with Gasteiger partial charge in [0.05, 0.1) is 12.5 Å². The second-order valence-electron chi connectivity index (χ2n) is 3.65. The average Bonchev–Trinajstić information content (AvgIpc) is 2.30. The molecule has 2 rings (SSSR count). The molecule has 2 nitrogen and oxygen atoms in total. The summed E-state index contributed by atoms with van der Waals surface area (Å²) in [7, 11) is 0. The highest BCUT2D eigenvalue weighted by Gasteiger charge is 2.11. The van der Waals surface area contributed by atoms with Crippen molar-refractivity contribution < 1.29 is 4.39 Å². The highest BCUT2D eigenvalue weighted by molar-refractivity contribution is 5.86. The molecule has 2 N–H and O–H groups in total. The van der Waals surface area contributed by atoms with Crippen molar-refractivity contribution >= 4 is 10.8 Å². The van der Waals surface area contributed by atoms with Crippen molar-refractivity contribution in [3.05, 3.63) is 47.8 Å². The van der Waals surface area contributed by atoms with Crippen LogP contribution < -0.4 is 5.73 Å². The predicted molar refractivity (Wildman–Crippen MR) is 61.1 cm³/mol. The van der Waals surface area contributed by atoms with Crippen LogP contribution in [-0.4, -0.2) is 0 Å². The molecule has 0 aliphatic carbocycles. The lowest BCUT2D eigenvalue weighted by Gasteiger charge is -2.11. The summed E-state index contributed by atoms with van der Waals surface area (Å²) in [5, 5.41) is 9.95.